The molecule has 1 aromatic heterocycles. The second-order valence-electron chi connectivity index (χ2n) is 6.17. The number of anilines is 1. The van der Waals surface area contributed by atoms with E-state index in [1.165, 1.54) is 0 Å². The van der Waals surface area contributed by atoms with E-state index < -0.39 is 0 Å². The highest BCUT2D eigenvalue weighted by Gasteiger charge is 2.26. The summed E-state index contributed by atoms with van der Waals surface area (Å²) >= 11 is 0. The van der Waals surface area contributed by atoms with Crippen molar-refractivity contribution in [3.8, 4) is 0 Å². The van der Waals surface area contributed by atoms with Gasteiger partial charge in [0.05, 0.1) is 12.2 Å². The molecule has 2 atom stereocenters. The van der Waals surface area contributed by atoms with E-state index in [2.05, 4.69) is 22.3 Å². The SMILES string of the molecule is CCC1CN(CC(=O)Nc2cc(C(C)C)no2)CCC1N. The van der Waals surface area contributed by atoms with Crippen molar-refractivity contribution in [2.45, 2.75) is 45.6 Å². The molecule has 0 radical (unpaired) electrons. The number of amides is 1. The Hall–Kier alpha value is -1.40. The predicted octanol–water partition coefficient (Wildman–Crippen LogP) is 1.80. The lowest BCUT2D eigenvalue weighted by atomic mass is 9.91. The molecule has 0 aliphatic carbocycles. The number of nitrogens with one attached hydrogen (secondary N) is 1. The number of carbonyl (C=O) groups excluding carboxylic acids is 1. The first-order valence-electron chi connectivity index (χ1n) is 7.74. The van der Waals surface area contributed by atoms with Crippen LogP contribution in [0.1, 0.15) is 45.2 Å². The summed E-state index contributed by atoms with van der Waals surface area (Å²) < 4.78 is 5.12. The van der Waals surface area contributed by atoms with Gasteiger partial charge in [0.2, 0.25) is 11.8 Å². The highest BCUT2D eigenvalue weighted by Crippen LogP contribution is 2.19. The van der Waals surface area contributed by atoms with E-state index in [0.717, 1.165) is 31.6 Å². The van der Waals surface area contributed by atoms with Crippen LogP contribution in [0.25, 0.3) is 0 Å². The fourth-order valence-electron chi connectivity index (χ4n) is 2.70. The van der Waals surface area contributed by atoms with Gasteiger partial charge in [-0.15, -0.1) is 0 Å². The van der Waals surface area contributed by atoms with Crippen LogP contribution in [-0.2, 0) is 4.79 Å². The highest BCUT2D eigenvalue weighted by atomic mass is 16.5. The van der Waals surface area contributed by atoms with Crippen molar-refractivity contribution in [1.29, 1.82) is 0 Å². The molecule has 1 aliphatic heterocycles. The van der Waals surface area contributed by atoms with Crippen molar-refractivity contribution in [2.24, 2.45) is 11.7 Å². The lowest BCUT2D eigenvalue weighted by molar-refractivity contribution is -0.117. The third-order valence-corrected chi connectivity index (χ3v) is 4.15. The minimum absolute atomic E-state index is 0.0632. The maximum absolute atomic E-state index is 12.1. The lowest BCUT2D eigenvalue weighted by Crippen LogP contribution is -2.48. The topological polar surface area (TPSA) is 84.4 Å². The Labute approximate surface area is 126 Å². The van der Waals surface area contributed by atoms with Crippen LogP contribution in [-0.4, -0.2) is 41.6 Å². The van der Waals surface area contributed by atoms with Gasteiger partial charge in [-0.05, 0) is 18.3 Å². The molecule has 2 unspecified atom stereocenters. The molecular formula is C15H26N4O2. The van der Waals surface area contributed by atoms with Crippen molar-refractivity contribution < 1.29 is 9.32 Å². The average Bonchev–Trinajstić information content (AvgIpc) is 2.89. The van der Waals surface area contributed by atoms with Crippen molar-refractivity contribution in [3.05, 3.63) is 11.8 Å². The summed E-state index contributed by atoms with van der Waals surface area (Å²) in [5, 5.41) is 6.70. The first kappa shape index (κ1) is 16.0. The van der Waals surface area contributed by atoms with Crippen LogP contribution in [0.2, 0.25) is 0 Å². The molecule has 2 heterocycles. The number of likely N-dealkylation sites (tertiary alicyclic amines) is 1. The third kappa shape index (κ3) is 4.28. The van der Waals surface area contributed by atoms with E-state index in [1.807, 2.05) is 13.8 Å². The van der Waals surface area contributed by atoms with E-state index in [-0.39, 0.29) is 17.9 Å². The summed E-state index contributed by atoms with van der Waals surface area (Å²) in [6.45, 7) is 8.35. The number of piperidine rings is 1. The second-order valence-corrected chi connectivity index (χ2v) is 6.17. The maximum atomic E-state index is 12.1. The predicted molar refractivity (Wildman–Crippen MR) is 82.0 cm³/mol. The molecule has 21 heavy (non-hydrogen) atoms. The number of nitrogens with zero attached hydrogens (tertiary/aromatic N) is 2. The van der Waals surface area contributed by atoms with Crippen LogP contribution in [0.4, 0.5) is 5.88 Å². The van der Waals surface area contributed by atoms with Crippen LogP contribution < -0.4 is 11.1 Å². The quantitative estimate of drug-likeness (QED) is 0.865. The molecule has 118 valence electrons. The fourth-order valence-corrected chi connectivity index (χ4v) is 2.70. The number of carbonyl (C=O) groups is 1. The molecule has 1 fully saturated rings. The lowest BCUT2D eigenvalue weighted by Gasteiger charge is -2.35. The molecule has 3 N–H and O–H groups in total. The summed E-state index contributed by atoms with van der Waals surface area (Å²) in [5.41, 5.74) is 6.93. The molecule has 0 saturated carbocycles. The molecule has 1 aromatic rings. The summed E-state index contributed by atoms with van der Waals surface area (Å²) in [5.74, 6) is 1.12. The van der Waals surface area contributed by atoms with Crippen molar-refractivity contribution in [1.82, 2.24) is 10.1 Å². The third-order valence-electron chi connectivity index (χ3n) is 4.15. The summed E-state index contributed by atoms with van der Waals surface area (Å²) in [7, 11) is 0. The first-order chi connectivity index (χ1) is 9.99. The second kappa shape index (κ2) is 7.04. The van der Waals surface area contributed by atoms with Crippen LogP contribution in [0.15, 0.2) is 10.6 Å². The number of hydrogen-bond donors (Lipinski definition) is 2. The Bertz CT molecular complexity index is 472. The number of aromatic nitrogens is 1. The van der Waals surface area contributed by atoms with Crippen molar-refractivity contribution in [2.75, 3.05) is 25.0 Å². The smallest absolute Gasteiger partial charge is 0.240 e. The molecule has 6 heteroatoms. The molecule has 6 nitrogen and oxygen atoms in total. The Balaban J connectivity index is 1.84. The van der Waals surface area contributed by atoms with E-state index in [0.29, 0.717) is 18.3 Å². The van der Waals surface area contributed by atoms with Gasteiger partial charge < -0.3 is 10.3 Å². The molecular weight excluding hydrogens is 268 g/mol. The molecule has 1 amide bonds. The molecule has 1 saturated heterocycles. The summed E-state index contributed by atoms with van der Waals surface area (Å²) in [6, 6.07) is 2.04. The van der Waals surface area contributed by atoms with Crippen LogP contribution in [0, 0.1) is 5.92 Å². The van der Waals surface area contributed by atoms with Crippen LogP contribution >= 0.6 is 0 Å². The Kier molecular flexibility index (Phi) is 5.36. The largest absolute Gasteiger partial charge is 0.338 e. The standard InChI is InChI=1S/C15H26N4O2/c1-4-11-8-19(6-5-12(11)16)9-14(20)17-15-7-13(10(2)3)18-21-15/h7,10-12H,4-6,8-9,16H2,1-3H3,(H,17,20). The van der Waals surface area contributed by atoms with E-state index in [1.54, 1.807) is 6.07 Å². The fraction of sp³-hybridized carbons (Fsp3) is 0.733. The number of rotatable bonds is 5. The van der Waals surface area contributed by atoms with Gasteiger partial charge in [-0.2, -0.15) is 0 Å². The summed E-state index contributed by atoms with van der Waals surface area (Å²) in [4.78, 5) is 14.2. The highest BCUT2D eigenvalue weighted by molar-refractivity contribution is 5.90. The molecule has 0 spiro atoms. The Morgan fingerprint density at radius 3 is 3.00 bits per heavy atom. The molecule has 0 bridgehead atoms. The van der Waals surface area contributed by atoms with E-state index >= 15 is 0 Å². The minimum Gasteiger partial charge on any atom is -0.338 e. The number of hydrogen-bond acceptors (Lipinski definition) is 5. The zero-order chi connectivity index (χ0) is 15.4. The van der Waals surface area contributed by atoms with Crippen LogP contribution in [0.5, 0.6) is 0 Å². The van der Waals surface area contributed by atoms with Gasteiger partial charge in [-0.1, -0.05) is 32.3 Å². The van der Waals surface area contributed by atoms with Gasteiger partial charge in [-0.3, -0.25) is 15.0 Å². The van der Waals surface area contributed by atoms with Gasteiger partial charge in [0.25, 0.3) is 0 Å². The Morgan fingerprint density at radius 1 is 1.62 bits per heavy atom. The van der Waals surface area contributed by atoms with Crippen LogP contribution in [0.3, 0.4) is 0 Å². The van der Waals surface area contributed by atoms with Gasteiger partial charge in [0.15, 0.2) is 0 Å². The molecule has 2 rings (SSSR count). The average molecular weight is 294 g/mol. The van der Waals surface area contributed by atoms with Crippen molar-refractivity contribution in [3.63, 3.8) is 0 Å². The minimum atomic E-state index is -0.0632. The zero-order valence-electron chi connectivity index (χ0n) is 13.1. The molecule has 0 aromatic carbocycles. The van der Waals surface area contributed by atoms with Gasteiger partial charge >= 0.3 is 0 Å². The normalized spacial score (nSPS) is 23.5. The first-order valence-corrected chi connectivity index (χ1v) is 7.74. The van der Waals surface area contributed by atoms with Gasteiger partial charge in [0.1, 0.15) is 0 Å². The van der Waals surface area contributed by atoms with E-state index in [9.17, 15) is 4.79 Å². The summed E-state index contributed by atoms with van der Waals surface area (Å²) in [6.07, 6.45) is 2.00. The van der Waals surface area contributed by atoms with Crippen molar-refractivity contribution >= 4 is 11.8 Å². The molecule has 1 aliphatic rings. The van der Waals surface area contributed by atoms with Gasteiger partial charge in [0, 0.05) is 25.2 Å². The zero-order valence-corrected chi connectivity index (χ0v) is 13.1. The van der Waals surface area contributed by atoms with E-state index in [4.69, 9.17) is 10.3 Å². The monoisotopic (exact) mass is 294 g/mol. The van der Waals surface area contributed by atoms with Gasteiger partial charge in [-0.25, -0.2) is 0 Å². The maximum Gasteiger partial charge on any atom is 0.240 e. The Morgan fingerprint density at radius 2 is 2.38 bits per heavy atom. The number of nitrogens with two attached hydrogens (primary N) is 1.